The van der Waals surface area contributed by atoms with Crippen molar-refractivity contribution in [3.8, 4) is 0 Å². The fourth-order valence-corrected chi connectivity index (χ4v) is 8.54. The van der Waals surface area contributed by atoms with Crippen molar-refractivity contribution in [1.82, 2.24) is 4.98 Å². The normalized spacial score (nSPS) is 15.7. The van der Waals surface area contributed by atoms with Gasteiger partial charge in [-0.15, -0.1) is 0 Å². The minimum Gasteiger partial charge on any atom is -0.248 e. The zero-order valence-corrected chi connectivity index (χ0v) is 27.6. The van der Waals surface area contributed by atoms with Gasteiger partial charge in [0.25, 0.3) is 0 Å². The lowest BCUT2D eigenvalue weighted by atomic mass is 9.81. The molecule has 6 aromatic rings. The molecule has 1 aromatic heterocycles. The maximum absolute atomic E-state index is 5.31. The summed E-state index contributed by atoms with van der Waals surface area (Å²) in [7, 11) is 0. The first kappa shape index (κ1) is 28.9. The standard InChI is InChI=1S/C47H39N/c1-2-31-15-10-25-37-35(31)24-12-27-39(37)47-42-22-7-5-20-40(42)46(41-21-6-8-23-43(41)47)34-18-9-17-33(30-34)44-28-13-29-45(48-44)38-26-11-16-32-14-3-4-19-36(32)38/h3-8,10,13-17,19-25,28-30H,2,9,11-12,18,26-27H2,1H3. The van der Waals surface area contributed by atoms with Crippen LogP contribution < -0.4 is 20.9 Å². The van der Waals surface area contributed by atoms with E-state index in [0.717, 1.165) is 56.3 Å². The first-order chi connectivity index (χ1) is 23.8. The summed E-state index contributed by atoms with van der Waals surface area (Å²) in [5.74, 6) is 0. The van der Waals surface area contributed by atoms with Crippen LogP contribution in [0.15, 0.2) is 121 Å². The Morgan fingerprint density at radius 3 is 1.94 bits per heavy atom. The molecule has 1 heterocycles. The molecule has 0 spiro atoms. The zero-order valence-electron chi connectivity index (χ0n) is 27.6. The largest absolute Gasteiger partial charge is 0.248 e. The van der Waals surface area contributed by atoms with E-state index in [0.29, 0.717) is 0 Å². The van der Waals surface area contributed by atoms with Crippen LogP contribution in [0.5, 0.6) is 0 Å². The quantitative estimate of drug-likeness (QED) is 0.176. The minimum absolute atomic E-state index is 1.01. The van der Waals surface area contributed by atoms with E-state index in [1.807, 2.05) is 0 Å². The van der Waals surface area contributed by atoms with Gasteiger partial charge in [0.15, 0.2) is 0 Å². The predicted octanol–water partition coefficient (Wildman–Crippen LogP) is 8.76. The zero-order chi connectivity index (χ0) is 32.0. The molecule has 9 rings (SSSR count). The summed E-state index contributed by atoms with van der Waals surface area (Å²) in [5, 5.41) is 10.9. The minimum atomic E-state index is 1.01. The van der Waals surface area contributed by atoms with Gasteiger partial charge in [0.2, 0.25) is 0 Å². The monoisotopic (exact) mass is 617 g/mol. The molecule has 1 nitrogen and oxygen atoms in total. The average molecular weight is 618 g/mol. The molecule has 0 saturated carbocycles. The Kier molecular flexibility index (Phi) is 7.27. The first-order valence-electron chi connectivity index (χ1n) is 17.7. The SMILES string of the molecule is CCc1cccc2c1=CCCC=2c1c2ccccc2c(C2=CC(c3cccc(C4=c5ccccc5=CCC4)n3)=CCC2)c2ccccc12. The molecule has 5 aromatic carbocycles. The highest BCUT2D eigenvalue weighted by Gasteiger charge is 2.22. The van der Waals surface area contributed by atoms with Crippen molar-refractivity contribution in [3.05, 3.63) is 170 Å². The molecule has 0 amide bonds. The van der Waals surface area contributed by atoms with E-state index in [1.54, 1.807) is 0 Å². The van der Waals surface area contributed by atoms with Crippen molar-refractivity contribution in [3.63, 3.8) is 0 Å². The number of rotatable bonds is 5. The third kappa shape index (κ3) is 4.80. The first-order valence-corrected chi connectivity index (χ1v) is 17.7. The summed E-state index contributed by atoms with van der Waals surface area (Å²) in [6.45, 7) is 2.27. The number of fused-ring (bicyclic) bond motifs is 4. The molecule has 0 atom stereocenters. The summed E-state index contributed by atoms with van der Waals surface area (Å²) in [4.78, 5) is 5.31. The topological polar surface area (TPSA) is 12.9 Å². The molecule has 0 unspecified atom stereocenters. The molecule has 1 heteroatoms. The van der Waals surface area contributed by atoms with Gasteiger partial charge in [-0.3, -0.25) is 0 Å². The second-order valence-electron chi connectivity index (χ2n) is 13.4. The second kappa shape index (κ2) is 12.1. The van der Waals surface area contributed by atoms with Gasteiger partial charge in [0, 0.05) is 0 Å². The fraction of sp³-hybridized carbons (Fsp3) is 0.170. The summed E-state index contributed by atoms with van der Waals surface area (Å²) in [6.07, 6.45) is 16.9. The third-order valence-electron chi connectivity index (χ3n) is 10.7. The predicted molar refractivity (Wildman–Crippen MR) is 204 cm³/mol. The molecule has 232 valence electrons. The van der Waals surface area contributed by atoms with Gasteiger partial charge in [-0.2, -0.15) is 0 Å². The van der Waals surface area contributed by atoms with E-state index >= 15 is 0 Å². The van der Waals surface area contributed by atoms with E-state index in [2.05, 4.69) is 140 Å². The molecule has 0 N–H and O–H groups in total. The van der Waals surface area contributed by atoms with Crippen LogP contribution in [0.25, 0.3) is 56.0 Å². The molecular weight excluding hydrogens is 579 g/mol. The molecule has 3 aliphatic carbocycles. The maximum Gasteiger partial charge on any atom is 0.0706 e. The van der Waals surface area contributed by atoms with Gasteiger partial charge in [-0.25, -0.2) is 4.98 Å². The van der Waals surface area contributed by atoms with Crippen molar-refractivity contribution in [1.29, 1.82) is 0 Å². The summed E-state index contributed by atoms with van der Waals surface area (Å²) < 4.78 is 0. The van der Waals surface area contributed by atoms with Crippen molar-refractivity contribution in [2.45, 2.75) is 51.9 Å². The van der Waals surface area contributed by atoms with Gasteiger partial charge in [-0.05, 0) is 145 Å². The number of hydrogen-bond acceptors (Lipinski definition) is 1. The van der Waals surface area contributed by atoms with Gasteiger partial charge < -0.3 is 0 Å². The van der Waals surface area contributed by atoms with Crippen LogP contribution in [-0.4, -0.2) is 4.98 Å². The number of aryl methyl sites for hydroxylation is 1. The van der Waals surface area contributed by atoms with E-state index < -0.39 is 0 Å². The van der Waals surface area contributed by atoms with Crippen LogP contribution in [0.2, 0.25) is 0 Å². The van der Waals surface area contributed by atoms with Crippen LogP contribution in [0.1, 0.15) is 73.5 Å². The number of nitrogens with zero attached hydrogens (tertiary/aromatic N) is 1. The lowest BCUT2D eigenvalue weighted by Gasteiger charge is -2.23. The fourth-order valence-electron chi connectivity index (χ4n) is 8.54. The number of allylic oxidation sites excluding steroid dienone is 4. The van der Waals surface area contributed by atoms with Crippen LogP contribution in [0, 0.1) is 0 Å². The molecule has 0 radical (unpaired) electrons. The van der Waals surface area contributed by atoms with Crippen molar-refractivity contribution < 1.29 is 0 Å². The van der Waals surface area contributed by atoms with E-state index in [-0.39, 0.29) is 0 Å². The molecule has 0 saturated heterocycles. The Bertz CT molecular complexity index is 2540. The maximum atomic E-state index is 5.31. The molecule has 0 aliphatic heterocycles. The van der Waals surface area contributed by atoms with Crippen molar-refractivity contribution in [2.24, 2.45) is 0 Å². The lowest BCUT2D eigenvalue weighted by molar-refractivity contribution is 1.04. The molecule has 0 bridgehead atoms. The Morgan fingerprint density at radius 2 is 1.15 bits per heavy atom. The third-order valence-corrected chi connectivity index (χ3v) is 10.7. The number of hydrogen-bond donors (Lipinski definition) is 0. The van der Waals surface area contributed by atoms with Crippen LogP contribution in [-0.2, 0) is 6.42 Å². The Labute approximate surface area is 282 Å². The Hall–Kier alpha value is -5.27. The van der Waals surface area contributed by atoms with E-state index in [9.17, 15) is 0 Å². The Balaban J connectivity index is 1.24. The van der Waals surface area contributed by atoms with Crippen molar-refractivity contribution in [2.75, 3.05) is 0 Å². The van der Waals surface area contributed by atoms with Crippen LogP contribution >= 0.6 is 0 Å². The molecule has 3 aliphatic rings. The van der Waals surface area contributed by atoms with Gasteiger partial charge in [0.1, 0.15) is 0 Å². The van der Waals surface area contributed by atoms with E-state index in [1.165, 1.54) is 81.4 Å². The summed E-state index contributed by atoms with van der Waals surface area (Å²) in [6, 6.07) is 40.5. The highest BCUT2D eigenvalue weighted by atomic mass is 14.7. The van der Waals surface area contributed by atoms with Crippen LogP contribution in [0.4, 0.5) is 0 Å². The lowest BCUT2D eigenvalue weighted by Crippen LogP contribution is -2.33. The second-order valence-corrected chi connectivity index (χ2v) is 13.4. The molecule has 48 heavy (non-hydrogen) atoms. The van der Waals surface area contributed by atoms with Crippen LogP contribution in [0.3, 0.4) is 0 Å². The number of aromatic nitrogens is 1. The number of pyridine rings is 1. The van der Waals surface area contributed by atoms with Gasteiger partial charge in [-0.1, -0.05) is 122 Å². The number of benzene rings is 5. The summed E-state index contributed by atoms with van der Waals surface area (Å²) >= 11 is 0. The highest BCUT2D eigenvalue weighted by Crippen LogP contribution is 2.43. The van der Waals surface area contributed by atoms with E-state index in [4.69, 9.17) is 4.98 Å². The smallest absolute Gasteiger partial charge is 0.0706 e. The average Bonchev–Trinajstić information content (AvgIpc) is 3.16. The molecular formula is C47H39N. The molecule has 0 fully saturated rings. The summed E-state index contributed by atoms with van der Waals surface area (Å²) in [5.41, 5.74) is 11.9. The van der Waals surface area contributed by atoms with Gasteiger partial charge in [0.05, 0.1) is 11.4 Å². The van der Waals surface area contributed by atoms with Gasteiger partial charge >= 0.3 is 0 Å². The highest BCUT2D eigenvalue weighted by molar-refractivity contribution is 6.16. The Morgan fingerprint density at radius 1 is 0.521 bits per heavy atom. The van der Waals surface area contributed by atoms with Crippen molar-refractivity contribution >= 4 is 56.0 Å².